The van der Waals surface area contributed by atoms with Gasteiger partial charge < -0.3 is 20.7 Å². The number of hydrogen-bond donors (Lipinski definition) is 3. The lowest BCUT2D eigenvalue weighted by molar-refractivity contribution is -0.116. The van der Waals surface area contributed by atoms with Gasteiger partial charge in [-0.2, -0.15) is 0 Å². The highest BCUT2D eigenvalue weighted by atomic mass is 79.9. The van der Waals surface area contributed by atoms with Gasteiger partial charge in [0.05, 0.1) is 0 Å². The maximum absolute atomic E-state index is 12.2. The summed E-state index contributed by atoms with van der Waals surface area (Å²) >= 11 is 3.43. The average molecular weight is 439 g/mol. The van der Waals surface area contributed by atoms with Gasteiger partial charge in [0.25, 0.3) is 0 Å². The minimum absolute atomic E-state index is 0.0188. The highest BCUT2D eigenvalue weighted by Crippen LogP contribution is 2.43. The molecule has 150 valence electrons. The zero-order valence-corrected chi connectivity index (χ0v) is 18.1. The highest BCUT2D eigenvalue weighted by molar-refractivity contribution is 9.10. The Morgan fingerprint density at radius 1 is 1.33 bits per heavy atom. The minimum atomic E-state index is -0.0188. The van der Waals surface area contributed by atoms with Crippen LogP contribution in [-0.4, -0.2) is 45.7 Å². The van der Waals surface area contributed by atoms with E-state index in [0.29, 0.717) is 18.4 Å². The molecule has 0 bridgehead atoms. The molecule has 1 amide bonds. The summed E-state index contributed by atoms with van der Waals surface area (Å²) < 4.78 is 6.19. The molecule has 0 atom stereocenters. The van der Waals surface area contributed by atoms with Crippen molar-refractivity contribution in [3.05, 3.63) is 28.2 Å². The molecule has 6 nitrogen and oxygen atoms in total. The van der Waals surface area contributed by atoms with E-state index in [0.717, 1.165) is 41.3 Å². The largest absolute Gasteiger partial charge is 0.385 e. The molecule has 2 rings (SSSR count). The number of benzene rings is 1. The Morgan fingerprint density at radius 3 is 2.74 bits per heavy atom. The molecule has 1 aromatic carbocycles. The maximum atomic E-state index is 12.2. The van der Waals surface area contributed by atoms with Crippen molar-refractivity contribution in [2.75, 3.05) is 39.2 Å². The summed E-state index contributed by atoms with van der Waals surface area (Å²) in [4.78, 5) is 16.5. The Balaban J connectivity index is 1.72. The van der Waals surface area contributed by atoms with E-state index in [1.54, 1.807) is 14.2 Å². The van der Waals surface area contributed by atoms with Crippen molar-refractivity contribution < 1.29 is 9.53 Å². The highest BCUT2D eigenvalue weighted by Gasteiger charge is 2.36. The van der Waals surface area contributed by atoms with Crippen molar-refractivity contribution in [1.29, 1.82) is 0 Å². The van der Waals surface area contributed by atoms with E-state index in [9.17, 15) is 4.79 Å². The van der Waals surface area contributed by atoms with Gasteiger partial charge in [-0.05, 0) is 49.3 Å². The molecular formula is C20H31BrN4O2. The second-order valence-corrected chi connectivity index (χ2v) is 8.12. The number of guanidine groups is 1. The van der Waals surface area contributed by atoms with Crippen molar-refractivity contribution >= 4 is 33.5 Å². The summed E-state index contributed by atoms with van der Waals surface area (Å²) in [7, 11) is 3.50. The number of ether oxygens (including phenoxy) is 1. The number of rotatable bonds is 9. The van der Waals surface area contributed by atoms with Crippen molar-refractivity contribution in [3.8, 4) is 0 Å². The smallest absolute Gasteiger partial charge is 0.226 e. The molecule has 1 aliphatic rings. The zero-order valence-electron chi connectivity index (χ0n) is 16.5. The molecule has 0 radical (unpaired) electrons. The predicted molar refractivity (Wildman–Crippen MR) is 114 cm³/mol. The summed E-state index contributed by atoms with van der Waals surface area (Å²) in [5, 5.41) is 9.59. The van der Waals surface area contributed by atoms with Crippen LogP contribution in [0, 0.1) is 12.3 Å². The fourth-order valence-electron chi connectivity index (χ4n) is 3.24. The van der Waals surface area contributed by atoms with Crippen molar-refractivity contribution in [3.63, 3.8) is 0 Å². The molecule has 27 heavy (non-hydrogen) atoms. The summed E-state index contributed by atoms with van der Waals surface area (Å²) in [6.45, 7) is 4.19. The number of halogens is 1. The van der Waals surface area contributed by atoms with Crippen LogP contribution in [0.4, 0.5) is 5.69 Å². The molecule has 0 heterocycles. The van der Waals surface area contributed by atoms with E-state index in [2.05, 4.69) is 36.9 Å². The van der Waals surface area contributed by atoms with E-state index in [1.165, 1.54) is 19.3 Å². The normalized spacial score (nSPS) is 15.8. The van der Waals surface area contributed by atoms with Gasteiger partial charge in [-0.25, -0.2) is 0 Å². The van der Waals surface area contributed by atoms with Gasteiger partial charge in [0, 0.05) is 50.4 Å². The second kappa shape index (κ2) is 10.7. The zero-order chi connectivity index (χ0) is 19.7. The Hall–Kier alpha value is -1.60. The molecule has 1 saturated carbocycles. The van der Waals surface area contributed by atoms with Crippen LogP contribution in [0.1, 0.15) is 37.7 Å². The van der Waals surface area contributed by atoms with Crippen LogP contribution in [-0.2, 0) is 9.53 Å². The summed E-state index contributed by atoms with van der Waals surface area (Å²) in [6.07, 6.45) is 5.19. The average Bonchev–Trinajstić information content (AvgIpc) is 2.62. The maximum Gasteiger partial charge on any atom is 0.226 e. The molecule has 1 aliphatic carbocycles. The molecule has 1 aromatic rings. The van der Waals surface area contributed by atoms with E-state index >= 15 is 0 Å². The Kier molecular flexibility index (Phi) is 8.57. The number of aliphatic imine (C=N–C) groups is 1. The van der Waals surface area contributed by atoms with Gasteiger partial charge in [0.1, 0.15) is 0 Å². The third-order valence-electron chi connectivity index (χ3n) is 5.22. The quantitative estimate of drug-likeness (QED) is 0.407. The summed E-state index contributed by atoms with van der Waals surface area (Å²) in [5.41, 5.74) is 2.20. The lowest BCUT2D eigenvalue weighted by Gasteiger charge is -2.42. The minimum Gasteiger partial charge on any atom is -0.385 e. The van der Waals surface area contributed by atoms with Gasteiger partial charge in [0.2, 0.25) is 5.91 Å². The number of amides is 1. The summed E-state index contributed by atoms with van der Waals surface area (Å²) in [5.74, 6) is 0.722. The third-order valence-corrected chi connectivity index (χ3v) is 5.72. The molecule has 0 unspecified atom stereocenters. The fraction of sp³-hybridized carbons (Fsp3) is 0.600. The number of nitrogens with zero attached hydrogens (tertiary/aromatic N) is 1. The first-order valence-electron chi connectivity index (χ1n) is 9.47. The first kappa shape index (κ1) is 21.7. The van der Waals surface area contributed by atoms with Gasteiger partial charge in [0.15, 0.2) is 5.96 Å². The number of methoxy groups -OCH3 is 1. The Bertz CT molecular complexity index is 659. The van der Waals surface area contributed by atoms with Crippen molar-refractivity contribution in [1.82, 2.24) is 10.6 Å². The van der Waals surface area contributed by atoms with Crippen LogP contribution in [0.15, 0.2) is 27.7 Å². The number of carbonyl (C=O) groups is 1. The van der Waals surface area contributed by atoms with Crippen LogP contribution >= 0.6 is 15.9 Å². The molecular weight excluding hydrogens is 408 g/mol. The van der Waals surface area contributed by atoms with Gasteiger partial charge in [-0.15, -0.1) is 0 Å². The number of anilines is 1. The Labute approximate surface area is 170 Å². The van der Waals surface area contributed by atoms with Gasteiger partial charge >= 0.3 is 0 Å². The molecule has 7 heteroatoms. The first-order valence-corrected chi connectivity index (χ1v) is 10.3. The molecule has 0 spiro atoms. The first-order chi connectivity index (χ1) is 13.0. The lowest BCUT2D eigenvalue weighted by Crippen LogP contribution is -2.47. The lowest BCUT2D eigenvalue weighted by atomic mass is 9.67. The summed E-state index contributed by atoms with van der Waals surface area (Å²) in [6, 6.07) is 5.85. The second-order valence-electron chi connectivity index (χ2n) is 7.21. The molecule has 0 aromatic heterocycles. The predicted octanol–water partition coefficient (Wildman–Crippen LogP) is 3.46. The van der Waals surface area contributed by atoms with Crippen LogP contribution in [0.5, 0.6) is 0 Å². The molecule has 0 saturated heterocycles. The van der Waals surface area contributed by atoms with Crippen molar-refractivity contribution in [2.24, 2.45) is 10.4 Å². The standard InChI is InChI=1S/C20H31BrN4O2/c1-15-5-6-16(21)13-17(15)25-18(26)7-11-23-19(22-2)24-14-20(8-4-9-20)10-12-27-3/h5-6,13H,4,7-12,14H2,1-3H3,(H,25,26)(H2,22,23,24). The number of nitrogens with one attached hydrogen (secondary N) is 3. The number of aryl methyl sites for hydroxylation is 1. The van der Waals surface area contributed by atoms with E-state index in [-0.39, 0.29) is 5.91 Å². The van der Waals surface area contributed by atoms with Crippen LogP contribution < -0.4 is 16.0 Å². The van der Waals surface area contributed by atoms with E-state index in [1.807, 2.05) is 25.1 Å². The van der Waals surface area contributed by atoms with E-state index < -0.39 is 0 Å². The third kappa shape index (κ3) is 6.81. The number of carbonyl (C=O) groups excluding carboxylic acids is 1. The van der Waals surface area contributed by atoms with Gasteiger partial charge in [-0.3, -0.25) is 9.79 Å². The Morgan fingerprint density at radius 2 is 2.11 bits per heavy atom. The fourth-order valence-corrected chi connectivity index (χ4v) is 3.60. The van der Waals surface area contributed by atoms with E-state index in [4.69, 9.17) is 4.74 Å². The SMILES string of the molecule is CN=C(NCCC(=O)Nc1cc(Br)ccc1C)NCC1(CCOC)CCC1. The van der Waals surface area contributed by atoms with Gasteiger partial charge in [-0.1, -0.05) is 28.4 Å². The van der Waals surface area contributed by atoms with Crippen LogP contribution in [0.3, 0.4) is 0 Å². The van der Waals surface area contributed by atoms with Crippen LogP contribution in [0.2, 0.25) is 0 Å². The molecule has 1 fully saturated rings. The van der Waals surface area contributed by atoms with Crippen molar-refractivity contribution in [2.45, 2.75) is 39.0 Å². The molecule has 3 N–H and O–H groups in total. The topological polar surface area (TPSA) is 74.8 Å². The number of hydrogen-bond acceptors (Lipinski definition) is 3. The van der Waals surface area contributed by atoms with Crippen LogP contribution in [0.25, 0.3) is 0 Å². The molecule has 0 aliphatic heterocycles. The monoisotopic (exact) mass is 438 g/mol.